The Kier molecular flexibility index (Phi) is 3.46. The van der Waals surface area contributed by atoms with Crippen molar-refractivity contribution in [3.63, 3.8) is 0 Å². The van der Waals surface area contributed by atoms with Crippen molar-refractivity contribution < 1.29 is 4.79 Å². The molecule has 0 saturated carbocycles. The van der Waals surface area contributed by atoms with Crippen molar-refractivity contribution in [1.82, 2.24) is 0 Å². The second-order valence-corrected chi connectivity index (χ2v) is 12.6. The molecule has 0 bridgehead atoms. The van der Waals surface area contributed by atoms with Crippen LogP contribution in [0.2, 0.25) is 19.6 Å². The Balaban J connectivity index is 2.17. The van der Waals surface area contributed by atoms with E-state index in [0.29, 0.717) is 0 Å². The molecule has 0 aliphatic carbocycles. The Morgan fingerprint density at radius 2 is 1.71 bits per heavy atom. The molecule has 0 radical (unpaired) electrons. The molecule has 1 aliphatic rings. The van der Waals surface area contributed by atoms with E-state index in [1.165, 1.54) is 5.19 Å². The molecule has 0 aromatic heterocycles. The standard InChI is InChI=1S/C17H19NOSSi/c1-18-15-8-6-5-7-13(15)17(19)14-10-9-12(21(2,3)4)11-16(14)20-18/h5-11H,1-4H3. The summed E-state index contributed by atoms with van der Waals surface area (Å²) in [7, 11) is 0.645. The summed E-state index contributed by atoms with van der Waals surface area (Å²) in [6.07, 6.45) is 0. The van der Waals surface area contributed by atoms with E-state index < -0.39 is 8.07 Å². The van der Waals surface area contributed by atoms with Crippen LogP contribution in [0.4, 0.5) is 5.69 Å². The maximum absolute atomic E-state index is 12.8. The highest BCUT2D eigenvalue weighted by molar-refractivity contribution is 8.00. The van der Waals surface area contributed by atoms with Crippen LogP contribution >= 0.6 is 11.9 Å². The van der Waals surface area contributed by atoms with Gasteiger partial charge in [0.05, 0.1) is 13.8 Å². The first-order chi connectivity index (χ1) is 9.88. The zero-order valence-corrected chi connectivity index (χ0v) is 14.6. The summed E-state index contributed by atoms with van der Waals surface area (Å²) in [5.74, 6) is 0.125. The Bertz CT molecular complexity index is 721. The minimum atomic E-state index is -1.38. The minimum absolute atomic E-state index is 0.125. The quantitative estimate of drug-likeness (QED) is 0.588. The topological polar surface area (TPSA) is 20.3 Å². The molecule has 4 heteroatoms. The first-order valence-corrected chi connectivity index (χ1v) is 11.4. The van der Waals surface area contributed by atoms with Crippen LogP contribution in [0.3, 0.4) is 0 Å². The number of anilines is 1. The van der Waals surface area contributed by atoms with Gasteiger partial charge in [0.25, 0.3) is 0 Å². The van der Waals surface area contributed by atoms with E-state index in [9.17, 15) is 4.79 Å². The molecule has 21 heavy (non-hydrogen) atoms. The Morgan fingerprint density at radius 3 is 2.43 bits per heavy atom. The number of carbonyl (C=O) groups excluding carboxylic acids is 1. The van der Waals surface area contributed by atoms with Crippen LogP contribution in [0.5, 0.6) is 0 Å². The second kappa shape index (κ2) is 5.04. The van der Waals surface area contributed by atoms with E-state index in [1.54, 1.807) is 11.9 Å². The van der Waals surface area contributed by atoms with Gasteiger partial charge in [-0.25, -0.2) is 0 Å². The molecular weight excluding hydrogens is 294 g/mol. The van der Waals surface area contributed by atoms with Crippen molar-refractivity contribution in [3.05, 3.63) is 53.6 Å². The molecule has 3 rings (SSSR count). The Labute approximate surface area is 131 Å². The minimum Gasteiger partial charge on any atom is -0.314 e. The van der Waals surface area contributed by atoms with Gasteiger partial charge in [-0.15, -0.1) is 0 Å². The van der Waals surface area contributed by atoms with E-state index in [0.717, 1.165) is 21.7 Å². The molecule has 2 aromatic rings. The number of carbonyl (C=O) groups is 1. The summed E-state index contributed by atoms with van der Waals surface area (Å²) < 4.78 is 2.09. The fraction of sp³-hybridized carbons (Fsp3) is 0.235. The summed E-state index contributed by atoms with van der Waals surface area (Å²) in [5.41, 5.74) is 2.59. The number of nitrogens with zero attached hydrogens (tertiary/aromatic N) is 1. The molecule has 1 heterocycles. The van der Waals surface area contributed by atoms with Crippen LogP contribution < -0.4 is 9.49 Å². The van der Waals surface area contributed by atoms with E-state index in [4.69, 9.17) is 0 Å². The fourth-order valence-corrected chi connectivity index (χ4v) is 4.79. The summed E-state index contributed by atoms with van der Waals surface area (Å²) in [5, 5.41) is 1.39. The number of para-hydroxylation sites is 1. The van der Waals surface area contributed by atoms with Crippen molar-refractivity contribution in [1.29, 1.82) is 0 Å². The smallest absolute Gasteiger partial charge is 0.196 e. The van der Waals surface area contributed by atoms with Crippen LogP contribution in [0.25, 0.3) is 0 Å². The molecule has 0 fully saturated rings. The number of hydrogen-bond acceptors (Lipinski definition) is 3. The second-order valence-electron chi connectivity index (χ2n) is 6.40. The molecule has 0 atom stereocenters. The predicted octanol–water partition coefficient (Wildman–Crippen LogP) is 3.92. The van der Waals surface area contributed by atoms with E-state index in [1.807, 2.05) is 37.4 Å². The van der Waals surface area contributed by atoms with Crippen molar-refractivity contribution in [2.45, 2.75) is 24.5 Å². The van der Waals surface area contributed by atoms with E-state index in [2.05, 4.69) is 36.1 Å². The SMILES string of the molecule is CN1Sc2cc([Si](C)(C)C)ccc2C(=O)c2ccccc21. The van der Waals surface area contributed by atoms with Crippen LogP contribution in [0.1, 0.15) is 15.9 Å². The summed E-state index contributed by atoms with van der Waals surface area (Å²) in [4.78, 5) is 13.9. The monoisotopic (exact) mass is 313 g/mol. The highest BCUT2D eigenvalue weighted by Gasteiger charge is 2.26. The molecule has 1 aliphatic heterocycles. The van der Waals surface area contributed by atoms with Gasteiger partial charge < -0.3 is 4.31 Å². The highest BCUT2D eigenvalue weighted by atomic mass is 32.2. The maximum atomic E-state index is 12.8. The fourth-order valence-electron chi connectivity index (χ4n) is 2.53. The van der Waals surface area contributed by atoms with Gasteiger partial charge in [-0.1, -0.05) is 43.0 Å². The van der Waals surface area contributed by atoms with Crippen LogP contribution in [-0.2, 0) is 0 Å². The van der Waals surface area contributed by atoms with Crippen molar-refractivity contribution >= 4 is 36.7 Å². The molecular formula is C17H19NOSSi. The van der Waals surface area contributed by atoms with Crippen LogP contribution in [-0.4, -0.2) is 20.9 Å². The van der Waals surface area contributed by atoms with Gasteiger partial charge in [0, 0.05) is 23.1 Å². The van der Waals surface area contributed by atoms with Gasteiger partial charge in [-0.05, 0) is 36.2 Å². The van der Waals surface area contributed by atoms with Crippen LogP contribution in [0, 0.1) is 0 Å². The number of rotatable bonds is 1. The van der Waals surface area contributed by atoms with Crippen molar-refractivity contribution in [2.24, 2.45) is 0 Å². The van der Waals surface area contributed by atoms with Gasteiger partial charge in [0.1, 0.15) is 0 Å². The molecule has 0 unspecified atom stereocenters. The molecule has 2 aromatic carbocycles. The number of fused-ring (bicyclic) bond motifs is 2. The number of ketones is 1. The zero-order valence-electron chi connectivity index (χ0n) is 12.8. The summed E-state index contributed by atoms with van der Waals surface area (Å²) in [6, 6.07) is 14.2. The lowest BCUT2D eigenvalue weighted by molar-refractivity contribution is 0.103. The Hall–Kier alpha value is -1.52. The Morgan fingerprint density at radius 1 is 1.00 bits per heavy atom. The summed E-state index contributed by atoms with van der Waals surface area (Å²) >= 11 is 1.64. The lowest BCUT2D eigenvalue weighted by Crippen LogP contribution is -2.37. The average molecular weight is 313 g/mol. The largest absolute Gasteiger partial charge is 0.314 e. The molecule has 0 spiro atoms. The van der Waals surface area contributed by atoms with Crippen LogP contribution in [0.15, 0.2) is 47.4 Å². The maximum Gasteiger partial charge on any atom is 0.196 e. The third kappa shape index (κ3) is 2.54. The first-order valence-electron chi connectivity index (χ1n) is 7.08. The van der Waals surface area contributed by atoms with E-state index in [-0.39, 0.29) is 5.78 Å². The normalized spacial score (nSPS) is 14.5. The number of hydrogen-bond donors (Lipinski definition) is 0. The summed E-state index contributed by atoms with van der Waals surface area (Å²) in [6.45, 7) is 6.99. The molecule has 108 valence electrons. The third-order valence-electron chi connectivity index (χ3n) is 3.82. The van der Waals surface area contributed by atoms with Crippen molar-refractivity contribution in [3.8, 4) is 0 Å². The van der Waals surface area contributed by atoms with Crippen molar-refractivity contribution in [2.75, 3.05) is 11.4 Å². The van der Waals surface area contributed by atoms with Gasteiger partial charge in [-0.2, -0.15) is 0 Å². The number of benzene rings is 2. The predicted molar refractivity (Wildman–Crippen MR) is 93.6 cm³/mol. The third-order valence-corrected chi connectivity index (χ3v) is 6.86. The lowest BCUT2D eigenvalue weighted by Gasteiger charge is -2.20. The van der Waals surface area contributed by atoms with Gasteiger partial charge >= 0.3 is 0 Å². The van der Waals surface area contributed by atoms with E-state index >= 15 is 0 Å². The molecule has 0 saturated heterocycles. The first kappa shape index (κ1) is 14.4. The highest BCUT2D eigenvalue weighted by Crippen LogP contribution is 2.37. The molecule has 0 N–H and O–H groups in total. The average Bonchev–Trinajstić information content (AvgIpc) is 2.55. The van der Waals surface area contributed by atoms with Gasteiger partial charge in [-0.3, -0.25) is 4.79 Å². The van der Waals surface area contributed by atoms with Gasteiger partial charge in [0.2, 0.25) is 0 Å². The zero-order chi connectivity index (χ0) is 15.2. The molecule has 0 amide bonds. The van der Waals surface area contributed by atoms with Gasteiger partial charge in [0.15, 0.2) is 5.78 Å². The lowest BCUT2D eigenvalue weighted by atomic mass is 10.0. The molecule has 2 nitrogen and oxygen atoms in total.